The molecule has 1 amide bonds. The van der Waals surface area contributed by atoms with Gasteiger partial charge in [-0.1, -0.05) is 24.6 Å². The van der Waals surface area contributed by atoms with Crippen molar-refractivity contribution in [2.24, 2.45) is 11.7 Å². The molecule has 8 heteroatoms. The summed E-state index contributed by atoms with van der Waals surface area (Å²) < 4.78 is 27.4. The van der Waals surface area contributed by atoms with Crippen LogP contribution in [0, 0.1) is 5.92 Å². The van der Waals surface area contributed by atoms with Crippen molar-refractivity contribution in [3.63, 3.8) is 0 Å². The van der Waals surface area contributed by atoms with Crippen molar-refractivity contribution in [3.05, 3.63) is 30.3 Å². The summed E-state index contributed by atoms with van der Waals surface area (Å²) in [6, 6.07) is 7.80. The highest BCUT2D eigenvalue weighted by Crippen LogP contribution is 2.28. The number of carbonyl (C=O) groups excluding carboxylic acids is 1. The highest BCUT2D eigenvalue weighted by Gasteiger charge is 2.40. The number of carbonyl (C=O) groups is 1. The Morgan fingerprint density at radius 2 is 1.84 bits per heavy atom. The summed E-state index contributed by atoms with van der Waals surface area (Å²) in [5.41, 5.74) is 5.70. The Hall–Kier alpha value is -1.15. The van der Waals surface area contributed by atoms with Gasteiger partial charge < -0.3 is 10.6 Å². The molecule has 0 bridgehead atoms. The first-order valence-electron chi connectivity index (χ1n) is 8.60. The maximum Gasteiger partial charge on any atom is 0.243 e. The van der Waals surface area contributed by atoms with E-state index < -0.39 is 16.1 Å². The van der Waals surface area contributed by atoms with Gasteiger partial charge in [0.2, 0.25) is 15.9 Å². The molecule has 140 valence electrons. The zero-order valence-corrected chi connectivity index (χ0v) is 15.8. The number of piperidine rings is 1. The van der Waals surface area contributed by atoms with Crippen molar-refractivity contribution >= 4 is 28.3 Å². The summed E-state index contributed by atoms with van der Waals surface area (Å²) in [5, 5.41) is 0. The zero-order chi connectivity index (χ0) is 17.2. The molecule has 2 fully saturated rings. The average Bonchev–Trinajstić information content (AvgIpc) is 3.11. The number of amides is 1. The average molecular weight is 388 g/mol. The number of sulfonamides is 1. The monoisotopic (exact) mass is 387 g/mol. The molecule has 6 nitrogen and oxygen atoms in total. The number of rotatable bonds is 4. The molecule has 1 aromatic rings. The van der Waals surface area contributed by atoms with Gasteiger partial charge in [0.15, 0.2) is 0 Å². The number of halogens is 1. The number of nitrogens with two attached hydrogens (primary N) is 1. The van der Waals surface area contributed by atoms with E-state index in [1.807, 2.05) is 0 Å². The fourth-order valence-electron chi connectivity index (χ4n) is 3.60. The van der Waals surface area contributed by atoms with Crippen molar-refractivity contribution in [1.29, 1.82) is 0 Å². The van der Waals surface area contributed by atoms with E-state index in [1.54, 1.807) is 35.2 Å². The summed E-state index contributed by atoms with van der Waals surface area (Å²) in [6.07, 6.45) is 3.17. The fourth-order valence-corrected chi connectivity index (χ4v) is 5.28. The summed E-state index contributed by atoms with van der Waals surface area (Å²) >= 11 is 0. The zero-order valence-electron chi connectivity index (χ0n) is 14.2. The lowest BCUT2D eigenvalue weighted by atomic mass is 10.0. The van der Waals surface area contributed by atoms with Crippen molar-refractivity contribution in [1.82, 2.24) is 9.21 Å². The third kappa shape index (κ3) is 4.16. The molecule has 2 heterocycles. The van der Waals surface area contributed by atoms with Crippen LogP contribution in [0.4, 0.5) is 0 Å². The minimum Gasteiger partial charge on any atom is -0.341 e. The van der Waals surface area contributed by atoms with E-state index in [1.165, 1.54) is 4.31 Å². The Labute approximate surface area is 155 Å². The minimum absolute atomic E-state index is 0. The topological polar surface area (TPSA) is 83.7 Å². The third-order valence-corrected chi connectivity index (χ3v) is 6.94. The quantitative estimate of drug-likeness (QED) is 0.847. The molecule has 2 saturated heterocycles. The molecule has 0 spiro atoms. The van der Waals surface area contributed by atoms with Crippen LogP contribution in [0.25, 0.3) is 0 Å². The molecule has 2 aliphatic heterocycles. The lowest BCUT2D eigenvalue weighted by Crippen LogP contribution is -2.52. The van der Waals surface area contributed by atoms with Crippen LogP contribution in [0.2, 0.25) is 0 Å². The van der Waals surface area contributed by atoms with Crippen LogP contribution in [-0.2, 0) is 14.8 Å². The molecule has 2 unspecified atom stereocenters. The summed E-state index contributed by atoms with van der Waals surface area (Å²) in [5.74, 6) is 0.266. The Kier molecular flexibility index (Phi) is 6.85. The molecule has 0 aromatic heterocycles. The Morgan fingerprint density at radius 3 is 2.48 bits per heavy atom. The summed E-state index contributed by atoms with van der Waals surface area (Å²) in [7, 11) is -3.64. The van der Waals surface area contributed by atoms with Gasteiger partial charge in [-0.05, 0) is 43.9 Å². The predicted molar refractivity (Wildman–Crippen MR) is 99.0 cm³/mol. The maximum atomic E-state index is 13.0. The Bertz CT molecular complexity index is 684. The molecule has 2 N–H and O–H groups in total. The number of nitrogens with zero attached hydrogens (tertiary/aromatic N) is 2. The van der Waals surface area contributed by atoms with E-state index in [-0.39, 0.29) is 23.2 Å². The van der Waals surface area contributed by atoms with E-state index in [4.69, 9.17) is 5.73 Å². The normalized spacial score (nSPS) is 24.8. The molecular formula is C17H26ClN3O3S. The smallest absolute Gasteiger partial charge is 0.243 e. The number of likely N-dealkylation sites (tertiary alicyclic amines) is 1. The first-order valence-corrected chi connectivity index (χ1v) is 10.0. The molecular weight excluding hydrogens is 362 g/mol. The first kappa shape index (κ1) is 20.2. The predicted octanol–water partition coefficient (Wildman–Crippen LogP) is 1.46. The van der Waals surface area contributed by atoms with E-state index in [9.17, 15) is 13.2 Å². The second-order valence-electron chi connectivity index (χ2n) is 6.62. The van der Waals surface area contributed by atoms with E-state index >= 15 is 0 Å². The van der Waals surface area contributed by atoms with E-state index in [0.717, 1.165) is 19.3 Å². The lowest BCUT2D eigenvalue weighted by Gasteiger charge is -2.35. The van der Waals surface area contributed by atoms with Crippen LogP contribution >= 0.6 is 12.4 Å². The molecule has 2 atom stereocenters. The van der Waals surface area contributed by atoms with Gasteiger partial charge in [-0.25, -0.2) is 8.42 Å². The van der Waals surface area contributed by atoms with Gasteiger partial charge in [0.25, 0.3) is 0 Å². The maximum absolute atomic E-state index is 13.0. The number of benzene rings is 1. The standard InChI is InChI=1S/C17H25N3O3S.ClH/c18-12-14-9-11-19(13-14)17(21)16-8-4-5-10-20(16)24(22,23)15-6-2-1-3-7-15;/h1-3,6-7,14,16H,4-5,8-13,18H2;1H. The van der Waals surface area contributed by atoms with Gasteiger partial charge in [0, 0.05) is 19.6 Å². The molecule has 0 radical (unpaired) electrons. The summed E-state index contributed by atoms with van der Waals surface area (Å²) in [6.45, 7) is 2.30. The highest BCUT2D eigenvalue weighted by molar-refractivity contribution is 7.89. The second-order valence-corrected chi connectivity index (χ2v) is 8.51. The lowest BCUT2D eigenvalue weighted by molar-refractivity contribution is -0.135. The minimum atomic E-state index is -3.64. The first-order chi connectivity index (χ1) is 11.5. The molecule has 3 rings (SSSR count). The highest BCUT2D eigenvalue weighted by atomic mass is 35.5. The molecule has 2 aliphatic rings. The van der Waals surface area contributed by atoms with Crippen LogP contribution in [0.5, 0.6) is 0 Å². The van der Waals surface area contributed by atoms with Crippen LogP contribution in [0.15, 0.2) is 35.2 Å². The van der Waals surface area contributed by atoms with Crippen LogP contribution < -0.4 is 5.73 Å². The largest absolute Gasteiger partial charge is 0.341 e. The van der Waals surface area contributed by atoms with Gasteiger partial charge in [-0.2, -0.15) is 4.31 Å². The van der Waals surface area contributed by atoms with Crippen molar-refractivity contribution in [3.8, 4) is 0 Å². The SMILES string of the molecule is Cl.NCC1CCN(C(=O)C2CCCCN2S(=O)(=O)c2ccccc2)C1. The van der Waals surface area contributed by atoms with Crippen molar-refractivity contribution in [2.75, 3.05) is 26.2 Å². The summed E-state index contributed by atoms with van der Waals surface area (Å²) in [4.78, 5) is 15.0. The third-order valence-electron chi connectivity index (χ3n) is 5.02. The molecule has 0 saturated carbocycles. The van der Waals surface area contributed by atoms with Gasteiger partial charge in [-0.3, -0.25) is 4.79 Å². The number of hydrogen-bond donors (Lipinski definition) is 1. The van der Waals surface area contributed by atoms with Gasteiger partial charge in [0.05, 0.1) is 4.90 Å². The van der Waals surface area contributed by atoms with Gasteiger partial charge >= 0.3 is 0 Å². The second kappa shape index (κ2) is 8.49. The van der Waals surface area contributed by atoms with Crippen LogP contribution in [0.3, 0.4) is 0 Å². The Morgan fingerprint density at radius 1 is 1.12 bits per heavy atom. The van der Waals surface area contributed by atoms with Gasteiger partial charge in [-0.15, -0.1) is 12.4 Å². The fraction of sp³-hybridized carbons (Fsp3) is 0.588. The van der Waals surface area contributed by atoms with Gasteiger partial charge in [0.1, 0.15) is 6.04 Å². The molecule has 1 aromatic carbocycles. The number of hydrogen-bond acceptors (Lipinski definition) is 4. The molecule has 25 heavy (non-hydrogen) atoms. The van der Waals surface area contributed by atoms with E-state index in [0.29, 0.717) is 38.5 Å². The van der Waals surface area contributed by atoms with Crippen molar-refractivity contribution < 1.29 is 13.2 Å². The Balaban J connectivity index is 0.00000225. The van der Waals surface area contributed by atoms with Crippen molar-refractivity contribution in [2.45, 2.75) is 36.6 Å². The van der Waals surface area contributed by atoms with Crippen LogP contribution in [-0.4, -0.2) is 55.8 Å². The van der Waals surface area contributed by atoms with Crippen LogP contribution in [0.1, 0.15) is 25.7 Å². The molecule has 0 aliphatic carbocycles. The van der Waals surface area contributed by atoms with E-state index in [2.05, 4.69) is 0 Å².